The highest BCUT2D eigenvalue weighted by atomic mass is 32.2. The molecule has 13 heteroatoms. The van der Waals surface area contributed by atoms with E-state index in [9.17, 15) is 12.8 Å². The number of nitrogens with one attached hydrogen (secondary N) is 4. The fourth-order valence-electron chi connectivity index (χ4n) is 3.60. The van der Waals surface area contributed by atoms with Crippen molar-refractivity contribution in [1.29, 1.82) is 10.8 Å². The third kappa shape index (κ3) is 6.55. The summed E-state index contributed by atoms with van der Waals surface area (Å²) in [6, 6.07) is 19.9. The molecule has 0 aliphatic carbocycles. The van der Waals surface area contributed by atoms with E-state index in [-0.39, 0.29) is 39.2 Å². The number of primary sulfonamides is 1. The minimum atomic E-state index is -4.21. The van der Waals surface area contributed by atoms with Crippen LogP contribution in [0.2, 0.25) is 0 Å². The van der Waals surface area contributed by atoms with Crippen LogP contribution in [0.4, 0.5) is 4.39 Å². The summed E-state index contributed by atoms with van der Waals surface area (Å²) in [4.78, 5) is -0.300. The molecule has 0 saturated carbocycles. The van der Waals surface area contributed by atoms with Crippen molar-refractivity contribution in [3.8, 4) is 34.1 Å². The van der Waals surface area contributed by atoms with Gasteiger partial charge in [0.2, 0.25) is 10.0 Å². The molecule has 0 amide bonds. The second-order valence-electron chi connectivity index (χ2n) is 8.11. The molecule has 0 fully saturated rings. The first kappa shape index (κ1) is 27.2. The number of amidine groups is 2. The first-order chi connectivity index (χ1) is 18.6. The second kappa shape index (κ2) is 11.3. The van der Waals surface area contributed by atoms with Gasteiger partial charge in [0.15, 0.2) is 0 Å². The summed E-state index contributed by atoms with van der Waals surface area (Å²) in [5.41, 5.74) is 4.52. The number of rotatable bonds is 8. The van der Waals surface area contributed by atoms with Gasteiger partial charge in [0.1, 0.15) is 40.5 Å². The highest BCUT2D eigenvalue weighted by molar-refractivity contribution is 7.89. The molecule has 0 bridgehead atoms. The summed E-state index contributed by atoms with van der Waals surface area (Å²) >= 11 is 0. The Morgan fingerprint density at radius 1 is 0.718 bits per heavy atom. The zero-order valence-corrected chi connectivity index (χ0v) is 20.8. The fraction of sp³-hybridized carbons (Fsp3) is 0. The van der Waals surface area contributed by atoms with E-state index in [0.29, 0.717) is 22.6 Å². The first-order valence-corrected chi connectivity index (χ1v) is 12.6. The molecule has 0 aliphatic rings. The van der Waals surface area contributed by atoms with Crippen LogP contribution in [-0.2, 0) is 10.0 Å². The van der Waals surface area contributed by atoms with E-state index in [0.717, 1.165) is 18.2 Å². The highest BCUT2D eigenvalue weighted by Gasteiger charge is 2.18. The minimum absolute atomic E-state index is 0.0107. The number of hydrogen-bond donors (Lipinski definition) is 7. The molecule has 4 aromatic carbocycles. The number of halogens is 1. The molecular weight excluding hydrogens is 529 g/mol. The monoisotopic (exact) mass is 551 g/mol. The molecule has 0 aliphatic heterocycles. The van der Waals surface area contributed by atoms with Crippen molar-refractivity contribution in [3.63, 3.8) is 0 Å². The van der Waals surface area contributed by atoms with Crippen molar-refractivity contribution in [1.82, 2.24) is 11.0 Å². The Hall–Kier alpha value is -4.82. The van der Waals surface area contributed by atoms with Gasteiger partial charge in [0.25, 0.3) is 0 Å². The zero-order chi connectivity index (χ0) is 28.2. The minimum Gasteiger partial charge on any atom is -0.457 e. The average molecular weight is 552 g/mol. The molecule has 8 N–H and O–H groups in total. The van der Waals surface area contributed by atoms with Gasteiger partial charge in [-0.1, -0.05) is 0 Å². The topological polar surface area (TPSA) is 191 Å². The van der Waals surface area contributed by atoms with Crippen LogP contribution in [0.15, 0.2) is 89.8 Å². The lowest BCUT2D eigenvalue weighted by Crippen LogP contribution is -2.18. The largest absolute Gasteiger partial charge is 0.457 e. The second-order valence-corrected chi connectivity index (χ2v) is 9.63. The predicted octanol–water partition coefficient (Wildman–Crippen LogP) is 4.33. The van der Waals surface area contributed by atoms with E-state index in [1.807, 2.05) is 0 Å². The molecule has 4 aromatic rings. The van der Waals surface area contributed by atoms with E-state index in [1.165, 1.54) is 42.5 Å². The molecule has 0 radical (unpaired) electrons. The van der Waals surface area contributed by atoms with Gasteiger partial charge in [-0.3, -0.25) is 32.2 Å². The van der Waals surface area contributed by atoms with E-state index < -0.39 is 15.8 Å². The van der Waals surface area contributed by atoms with Crippen LogP contribution in [0.25, 0.3) is 11.1 Å². The third-order valence-electron chi connectivity index (χ3n) is 5.42. The molecule has 39 heavy (non-hydrogen) atoms. The Morgan fingerprint density at radius 3 is 1.59 bits per heavy atom. The Morgan fingerprint density at radius 2 is 1.18 bits per heavy atom. The summed E-state index contributed by atoms with van der Waals surface area (Å²) in [6.07, 6.45) is 0. The Kier molecular flexibility index (Phi) is 7.88. The maximum atomic E-state index is 14.2. The summed E-state index contributed by atoms with van der Waals surface area (Å²) in [7, 11) is -4.21. The average Bonchev–Trinajstić information content (AvgIpc) is 2.92. The Bertz CT molecular complexity index is 1570. The lowest BCUT2D eigenvalue weighted by molar-refractivity contribution is 0.234. The Balaban J connectivity index is 1.77. The van der Waals surface area contributed by atoms with Crippen LogP contribution in [0, 0.1) is 16.6 Å². The van der Waals surface area contributed by atoms with E-state index >= 15 is 0 Å². The van der Waals surface area contributed by atoms with Gasteiger partial charge in [-0.15, -0.1) is 0 Å². The molecule has 0 aromatic heterocycles. The summed E-state index contributed by atoms with van der Waals surface area (Å²) < 4.78 is 50.5. The van der Waals surface area contributed by atoms with Crippen LogP contribution in [-0.4, -0.2) is 30.5 Å². The van der Waals surface area contributed by atoms with Gasteiger partial charge in [0, 0.05) is 22.8 Å². The first-order valence-electron chi connectivity index (χ1n) is 11.1. The van der Waals surface area contributed by atoms with Crippen LogP contribution in [0.3, 0.4) is 0 Å². The van der Waals surface area contributed by atoms with Crippen molar-refractivity contribution in [3.05, 3.63) is 102 Å². The van der Waals surface area contributed by atoms with Crippen LogP contribution >= 0.6 is 0 Å². The normalized spacial score (nSPS) is 11.0. The lowest BCUT2D eigenvalue weighted by atomic mass is 10.0. The standard InChI is InChI=1S/C26H22FN5O6S/c27-18-5-10-24(39(30,35)36)23(13-18)17-11-21(37-19-6-1-15(2-7-19)25(28)31-33)14-22(12-17)38-20-8-3-16(4-9-20)26(29)32-34/h1-14,33-34H,(H2,28,31)(H2,29,32)(H2,30,35,36). The molecule has 0 heterocycles. The molecule has 4 rings (SSSR count). The number of hydroxylamine groups is 2. The molecule has 0 atom stereocenters. The van der Waals surface area contributed by atoms with Crippen molar-refractivity contribution in [2.75, 3.05) is 0 Å². The van der Waals surface area contributed by atoms with Crippen molar-refractivity contribution in [2.45, 2.75) is 4.90 Å². The summed E-state index contributed by atoms with van der Waals surface area (Å²) in [5, 5.41) is 38.5. The van der Waals surface area contributed by atoms with Gasteiger partial charge < -0.3 is 9.47 Å². The molecule has 0 saturated heterocycles. The summed E-state index contributed by atoms with van der Waals surface area (Å²) in [5.74, 6) is -0.00203. The maximum absolute atomic E-state index is 14.2. The van der Waals surface area contributed by atoms with Gasteiger partial charge in [0.05, 0.1) is 4.90 Å². The molecule has 0 spiro atoms. The van der Waals surface area contributed by atoms with Gasteiger partial charge >= 0.3 is 0 Å². The number of hydrogen-bond acceptors (Lipinski definition) is 8. The molecule has 11 nitrogen and oxygen atoms in total. The van der Waals surface area contributed by atoms with Crippen molar-refractivity contribution < 1.29 is 32.7 Å². The lowest BCUT2D eigenvalue weighted by Gasteiger charge is -2.15. The number of nitrogens with two attached hydrogens (primary N) is 1. The van der Waals surface area contributed by atoms with E-state index in [1.54, 1.807) is 35.2 Å². The van der Waals surface area contributed by atoms with Gasteiger partial charge in [-0.25, -0.2) is 17.9 Å². The SMILES string of the molecule is N=C(NO)c1ccc(Oc2cc(Oc3ccc(C(=N)NO)cc3)cc(-c3cc(F)ccc3S(N)(=O)=O)c2)cc1. The quantitative estimate of drug-likeness (QED) is 0.0955. The molecule has 0 unspecified atom stereocenters. The predicted molar refractivity (Wildman–Crippen MR) is 140 cm³/mol. The number of sulfonamides is 1. The maximum Gasteiger partial charge on any atom is 0.238 e. The molecule has 200 valence electrons. The van der Waals surface area contributed by atoms with Gasteiger partial charge in [-0.2, -0.15) is 0 Å². The smallest absolute Gasteiger partial charge is 0.238 e. The van der Waals surface area contributed by atoms with Gasteiger partial charge in [-0.05, 0) is 84.4 Å². The Labute approximate surface area is 222 Å². The molecular formula is C26H22FN5O6S. The fourth-order valence-corrected chi connectivity index (χ4v) is 4.34. The zero-order valence-electron chi connectivity index (χ0n) is 20.0. The van der Waals surface area contributed by atoms with Crippen LogP contribution in [0.1, 0.15) is 11.1 Å². The number of benzene rings is 4. The summed E-state index contributed by atoms with van der Waals surface area (Å²) in [6.45, 7) is 0. The van der Waals surface area contributed by atoms with Crippen LogP contribution in [0.5, 0.6) is 23.0 Å². The van der Waals surface area contributed by atoms with E-state index in [4.69, 9.17) is 35.8 Å². The van der Waals surface area contributed by atoms with Crippen molar-refractivity contribution >= 4 is 21.7 Å². The van der Waals surface area contributed by atoms with Crippen molar-refractivity contribution in [2.24, 2.45) is 5.14 Å². The number of ether oxygens (including phenoxy) is 2. The van der Waals surface area contributed by atoms with E-state index in [2.05, 4.69) is 0 Å². The third-order valence-corrected chi connectivity index (χ3v) is 6.39. The highest BCUT2D eigenvalue weighted by Crippen LogP contribution is 2.37. The van der Waals surface area contributed by atoms with Crippen LogP contribution < -0.4 is 25.6 Å².